The van der Waals surface area contributed by atoms with Crippen LogP contribution in [0.5, 0.6) is 5.75 Å². The summed E-state index contributed by atoms with van der Waals surface area (Å²) in [5.74, 6) is 1.26. The smallest absolute Gasteiger partial charge is 0.182 e. The molecule has 1 aromatic heterocycles. The normalized spacial score (nSPS) is 11.3. The molecule has 0 amide bonds. The summed E-state index contributed by atoms with van der Waals surface area (Å²) in [6.07, 6.45) is 1.49. The molecule has 0 atom stereocenters. The van der Waals surface area contributed by atoms with Gasteiger partial charge >= 0.3 is 0 Å². The number of hydrogen-bond acceptors (Lipinski definition) is 3. The van der Waals surface area contributed by atoms with Crippen molar-refractivity contribution in [3.63, 3.8) is 0 Å². The molecule has 0 radical (unpaired) electrons. The van der Waals surface area contributed by atoms with E-state index in [9.17, 15) is 0 Å². The van der Waals surface area contributed by atoms with Gasteiger partial charge in [-0.1, -0.05) is 13.8 Å². The van der Waals surface area contributed by atoms with Crippen molar-refractivity contribution in [2.45, 2.75) is 26.7 Å². The summed E-state index contributed by atoms with van der Waals surface area (Å²) in [4.78, 5) is 4.26. The third-order valence-electron chi connectivity index (χ3n) is 2.59. The number of rotatable bonds is 2. The summed E-state index contributed by atoms with van der Waals surface area (Å²) in [5, 5.41) is 0. The molecule has 15 heavy (non-hydrogen) atoms. The number of methoxy groups -OCH3 is 1. The van der Waals surface area contributed by atoms with Crippen molar-refractivity contribution < 1.29 is 9.15 Å². The van der Waals surface area contributed by atoms with E-state index in [0.717, 1.165) is 28.0 Å². The summed E-state index contributed by atoms with van der Waals surface area (Å²) in [6.45, 7) is 6.25. The summed E-state index contributed by atoms with van der Waals surface area (Å²) >= 11 is 0. The molecule has 2 aromatic rings. The highest BCUT2D eigenvalue weighted by Gasteiger charge is 2.16. The fraction of sp³-hybridized carbons (Fsp3) is 0.417. The third kappa shape index (κ3) is 1.48. The minimum atomic E-state index is 0.369. The number of hydrogen-bond donors (Lipinski definition) is 0. The monoisotopic (exact) mass is 205 g/mol. The highest BCUT2D eigenvalue weighted by molar-refractivity contribution is 5.82. The Morgan fingerprint density at radius 2 is 2.13 bits per heavy atom. The molecule has 1 heterocycles. The lowest BCUT2D eigenvalue weighted by atomic mass is 9.98. The average molecular weight is 205 g/mol. The largest absolute Gasteiger partial charge is 0.496 e. The maximum Gasteiger partial charge on any atom is 0.182 e. The topological polar surface area (TPSA) is 35.3 Å². The molecule has 0 aliphatic rings. The van der Waals surface area contributed by atoms with Gasteiger partial charge in [-0.05, 0) is 24.5 Å². The van der Waals surface area contributed by atoms with Gasteiger partial charge < -0.3 is 9.15 Å². The van der Waals surface area contributed by atoms with Gasteiger partial charge in [0, 0.05) is 5.56 Å². The van der Waals surface area contributed by atoms with Gasteiger partial charge in [-0.25, -0.2) is 4.98 Å². The fourth-order valence-electron chi connectivity index (χ4n) is 1.90. The number of aromatic nitrogens is 1. The van der Waals surface area contributed by atoms with Gasteiger partial charge in [0.25, 0.3) is 0 Å². The zero-order valence-electron chi connectivity index (χ0n) is 9.50. The average Bonchev–Trinajstić information content (AvgIpc) is 2.65. The van der Waals surface area contributed by atoms with Crippen LogP contribution in [0.15, 0.2) is 16.9 Å². The van der Waals surface area contributed by atoms with Gasteiger partial charge in [-0.3, -0.25) is 0 Å². The highest BCUT2D eigenvalue weighted by Crippen LogP contribution is 2.35. The zero-order chi connectivity index (χ0) is 11.0. The van der Waals surface area contributed by atoms with Crippen molar-refractivity contribution in [2.75, 3.05) is 7.11 Å². The molecule has 3 nitrogen and oxygen atoms in total. The van der Waals surface area contributed by atoms with Crippen LogP contribution in [-0.2, 0) is 0 Å². The van der Waals surface area contributed by atoms with Crippen LogP contribution in [0.2, 0.25) is 0 Å². The van der Waals surface area contributed by atoms with E-state index >= 15 is 0 Å². The van der Waals surface area contributed by atoms with E-state index in [-0.39, 0.29) is 0 Å². The molecular weight excluding hydrogens is 190 g/mol. The number of nitrogens with zero attached hydrogens (tertiary/aromatic N) is 1. The van der Waals surface area contributed by atoms with Crippen molar-refractivity contribution >= 4 is 11.1 Å². The second-order valence-electron chi connectivity index (χ2n) is 3.99. The van der Waals surface area contributed by atoms with Gasteiger partial charge in [0.2, 0.25) is 0 Å². The van der Waals surface area contributed by atoms with Crippen molar-refractivity contribution in [3.05, 3.63) is 23.6 Å². The van der Waals surface area contributed by atoms with Crippen LogP contribution in [0.1, 0.15) is 30.9 Å². The molecule has 3 heteroatoms. The molecule has 2 rings (SSSR count). The number of ether oxygens (including phenoxy) is 1. The fourth-order valence-corrected chi connectivity index (χ4v) is 1.90. The molecule has 0 aliphatic carbocycles. The van der Waals surface area contributed by atoms with E-state index in [1.54, 1.807) is 7.11 Å². The first-order valence-corrected chi connectivity index (χ1v) is 5.05. The minimum Gasteiger partial charge on any atom is -0.496 e. The Morgan fingerprint density at radius 3 is 2.73 bits per heavy atom. The molecule has 0 saturated carbocycles. The zero-order valence-corrected chi connectivity index (χ0v) is 9.50. The Hall–Kier alpha value is -1.51. The second-order valence-corrected chi connectivity index (χ2v) is 3.99. The molecule has 0 spiro atoms. The lowest BCUT2D eigenvalue weighted by Crippen LogP contribution is -1.96. The first kappa shape index (κ1) is 10.0. The van der Waals surface area contributed by atoms with Crippen LogP contribution in [-0.4, -0.2) is 12.1 Å². The molecule has 0 fully saturated rings. The summed E-state index contributed by atoms with van der Waals surface area (Å²) in [6, 6.07) is 2.00. The van der Waals surface area contributed by atoms with E-state index < -0.39 is 0 Å². The standard InChI is InChI=1S/C12H15NO2/c1-7(2)10-9(14-4)5-8(3)12-11(10)13-6-15-12/h5-7H,1-4H3. The van der Waals surface area contributed by atoms with Crippen LogP contribution < -0.4 is 4.74 Å². The molecule has 0 bridgehead atoms. The van der Waals surface area contributed by atoms with Crippen molar-refractivity contribution in [1.82, 2.24) is 4.98 Å². The first-order valence-electron chi connectivity index (χ1n) is 5.05. The van der Waals surface area contributed by atoms with Crippen LogP contribution in [0.25, 0.3) is 11.1 Å². The molecular formula is C12H15NO2. The van der Waals surface area contributed by atoms with Gasteiger partial charge in [0.1, 0.15) is 11.3 Å². The van der Waals surface area contributed by atoms with Gasteiger partial charge in [-0.2, -0.15) is 0 Å². The van der Waals surface area contributed by atoms with Crippen molar-refractivity contribution in [2.24, 2.45) is 0 Å². The Labute approximate surface area is 89.1 Å². The van der Waals surface area contributed by atoms with E-state index in [0.29, 0.717) is 5.92 Å². The lowest BCUT2D eigenvalue weighted by molar-refractivity contribution is 0.408. The van der Waals surface area contributed by atoms with Gasteiger partial charge in [-0.15, -0.1) is 0 Å². The number of oxazole rings is 1. The van der Waals surface area contributed by atoms with Crippen LogP contribution in [0.4, 0.5) is 0 Å². The number of fused-ring (bicyclic) bond motifs is 1. The lowest BCUT2D eigenvalue weighted by Gasteiger charge is -2.12. The first-order chi connectivity index (χ1) is 7.15. The van der Waals surface area contributed by atoms with E-state index in [1.807, 2.05) is 13.0 Å². The maximum atomic E-state index is 5.38. The maximum absolute atomic E-state index is 5.38. The van der Waals surface area contributed by atoms with Crippen LogP contribution in [0.3, 0.4) is 0 Å². The Morgan fingerprint density at radius 1 is 1.40 bits per heavy atom. The second kappa shape index (κ2) is 3.57. The highest BCUT2D eigenvalue weighted by atomic mass is 16.5. The minimum absolute atomic E-state index is 0.369. The predicted octanol–water partition coefficient (Wildman–Crippen LogP) is 3.27. The quantitative estimate of drug-likeness (QED) is 0.754. The summed E-state index contributed by atoms with van der Waals surface area (Å²) < 4.78 is 10.8. The number of benzene rings is 1. The SMILES string of the molecule is COc1cc(C)c2ocnc2c1C(C)C. The molecule has 0 N–H and O–H groups in total. The van der Waals surface area contributed by atoms with Crippen molar-refractivity contribution in [1.29, 1.82) is 0 Å². The van der Waals surface area contributed by atoms with Crippen LogP contribution in [0, 0.1) is 6.92 Å². The molecule has 80 valence electrons. The predicted molar refractivity (Wildman–Crippen MR) is 59.4 cm³/mol. The van der Waals surface area contributed by atoms with E-state index in [2.05, 4.69) is 18.8 Å². The van der Waals surface area contributed by atoms with Crippen LogP contribution >= 0.6 is 0 Å². The van der Waals surface area contributed by atoms with Gasteiger partial charge in [0.15, 0.2) is 12.0 Å². The number of aryl methyl sites for hydroxylation is 1. The van der Waals surface area contributed by atoms with Gasteiger partial charge in [0.05, 0.1) is 7.11 Å². The van der Waals surface area contributed by atoms with Crippen molar-refractivity contribution in [3.8, 4) is 5.75 Å². The Kier molecular flexibility index (Phi) is 2.39. The molecule has 0 saturated heterocycles. The third-order valence-corrected chi connectivity index (χ3v) is 2.59. The summed E-state index contributed by atoms with van der Waals surface area (Å²) in [5.41, 5.74) is 3.96. The molecule has 1 aromatic carbocycles. The molecule has 0 unspecified atom stereocenters. The molecule has 0 aliphatic heterocycles. The summed E-state index contributed by atoms with van der Waals surface area (Å²) in [7, 11) is 1.69. The Bertz CT molecular complexity index is 486. The Balaban J connectivity index is 2.83. The van der Waals surface area contributed by atoms with E-state index in [4.69, 9.17) is 9.15 Å². The van der Waals surface area contributed by atoms with E-state index in [1.165, 1.54) is 6.39 Å².